The lowest BCUT2D eigenvalue weighted by Crippen LogP contribution is -2.45. The van der Waals surface area contributed by atoms with Gasteiger partial charge in [0, 0.05) is 23.6 Å². The number of hydrogen-bond donors (Lipinski definition) is 2. The number of nitrogens with one attached hydrogen (secondary N) is 2. The van der Waals surface area contributed by atoms with Gasteiger partial charge in [0.05, 0.1) is 10.7 Å². The number of thioether (sulfide) groups is 1. The summed E-state index contributed by atoms with van der Waals surface area (Å²) in [6, 6.07) is 4.33. The van der Waals surface area contributed by atoms with Gasteiger partial charge in [-0.25, -0.2) is 9.67 Å². The van der Waals surface area contributed by atoms with Crippen molar-refractivity contribution in [3.8, 4) is 17.3 Å². The lowest BCUT2D eigenvalue weighted by Gasteiger charge is -2.26. The SMILES string of the molecule is CSCC(C)(C)NC(=O)c1c(NC(=O)c2cc(C(F)(F)F)nn2-c2ncccc2Cl)c(C)cc2c1OC(F)(F)O2. The van der Waals surface area contributed by atoms with Crippen LogP contribution in [0.3, 0.4) is 0 Å². The molecule has 0 saturated heterocycles. The van der Waals surface area contributed by atoms with Crippen molar-refractivity contribution in [3.05, 3.63) is 58.0 Å². The minimum absolute atomic E-state index is 0.0826. The molecular weight excluding hydrogens is 585 g/mol. The molecule has 0 aliphatic carbocycles. The van der Waals surface area contributed by atoms with Crippen LogP contribution in [0.2, 0.25) is 5.02 Å². The molecule has 0 radical (unpaired) electrons. The fourth-order valence-electron chi connectivity index (χ4n) is 3.91. The van der Waals surface area contributed by atoms with E-state index < -0.39 is 58.3 Å². The van der Waals surface area contributed by atoms with Crippen LogP contribution in [0.1, 0.15) is 46.0 Å². The molecule has 1 aromatic carbocycles. The van der Waals surface area contributed by atoms with E-state index in [1.165, 1.54) is 37.0 Å². The van der Waals surface area contributed by atoms with Crippen LogP contribution in [0.25, 0.3) is 5.82 Å². The molecule has 4 rings (SSSR count). The zero-order chi connectivity index (χ0) is 29.6. The van der Waals surface area contributed by atoms with Gasteiger partial charge in [0.1, 0.15) is 11.3 Å². The summed E-state index contributed by atoms with van der Waals surface area (Å²) < 4.78 is 78.4. The molecule has 0 atom stereocenters. The Balaban J connectivity index is 1.83. The van der Waals surface area contributed by atoms with Crippen LogP contribution in [-0.4, -0.2) is 50.4 Å². The van der Waals surface area contributed by atoms with Crippen molar-refractivity contribution >= 4 is 40.9 Å². The lowest BCUT2D eigenvalue weighted by molar-refractivity contribution is -0.286. The van der Waals surface area contributed by atoms with Gasteiger partial charge >= 0.3 is 12.5 Å². The van der Waals surface area contributed by atoms with Crippen LogP contribution in [0.4, 0.5) is 27.6 Å². The van der Waals surface area contributed by atoms with Gasteiger partial charge in [-0.3, -0.25) is 9.59 Å². The topological polar surface area (TPSA) is 107 Å². The summed E-state index contributed by atoms with van der Waals surface area (Å²) in [5, 5.41) is 8.41. The third-order valence-electron chi connectivity index (χ3n) is 5.49. The highest BCUT2D eigenvalue weighted by atomic mass is 35.5. The Kier molecular flexibility index (Phi) is 7.66. The predicted octanol–water partition coefficient (Wildman–Crippen LogP) is 5.69. The van der Waals surface area contributed by atoms with Crippen LogP contribution < -0.4 is 20.1 Å². The molecule has 3 aromatic rings. The van der Waals surface area contributed by atoms with Gasteiger partial charge in [-0.1, -0.05) is 11.6 Å². The van der Waals surface area contributed by atoms with E-state index in [1.54, 1.807) is 20.1 Å². The zero-order valence-corrected chi connectivity index (χ0v) is 22.8. The maximum absolute atomic E-state index is 14.0. The van der Waals surface area contributed by atoms with Crippen molar-refractivity contribution in [2.75, 3.05) is 17.3 Å². The Hall–Kier alpha value is -3.59. The number of nitrogens with zero attached hydrogens (tertiary/aromatic N) is 3. The first-order chi connectivity index (χ1) is 18.5. The first-order valence-corrected chi connectivity index (χ1v) is 13.1. The molecule has 9 nitrogen and oxygen atoms in total. The number of rotatable bonds is 7. The van der Waals surface area contributed by atoms with Crippen molar-refractivity contribution in [1.82, 2.24) is 20.1 Å². The number of fused-ring (bicyclic) bond motifs is 1. The Bertz CT molecular complexity index is 1500. The molecule has 0 spiro atoms. The number of benzene rings is 1. The summed E-state index contributed by atoms with van der Waals surface area (Å²) >= 11 is 7.51. The van der Waals surface area contributed by atoms with Crippen molar-refractivity contribution in [1.29, 1.82) is 0 Å². The largest absolute Gasteiger partial charge is 0.586 e. The van der Waals surface area contributed by atoms with Gasteiger partial charge < -0.3 is 20.1 Å². The summed E-state index contributed by atoms with van der Waals surface area (Å²) in [7, 11) is 0. The number of alkyl halides is 5. The van der Waals surface area contributed by atoms with Crippen LogP contribution in [0.15, 0.2) is 30.5 Å². The molecule has 0 bridgehead atoms. The fourth-order valence-corrected chi connectivity index (χ4v) is 4.91. The third kappa shape index (κ3) is 5.94. The fraction of sp³-hybridized carbons (Fsp3) is 0.333. The van der Waals surface area contributed by atoms with E-state index in [2.05, 4.69) is 30.2 Å². The second-order valence-electron chi connectivity index (χ2n) is 9.30. The first-order valence-electron chi connectivity index (χ1n) is 11.4. The van der Waals surface area contributed by atoms with Crippen molar-refractivity contribution in [2.45, 2.75) is 38.8 Å². The molecule has 2 N–H and O–H groups in total. The van der Waals surface area contributed by atoms with Gasteiger partial charge in [0.2, 0.25) is 0 Å². The van der Waals surface area contributed by atoms with E-state index in [0.29, 0.717) is 16.5 Å². The average molecular weight is 606 g/mol. The lowest BCUT2D eigenvalue weighted by atomic mass is 10.0. The normalized spacial score (nSPS) is 14.2. The number of pyridine rings is 1. The smallest absolute Gasteiger partial charge is 0.395 e. The molecule has 0 saturated carbocycles. The summed E-state index contributed by atoms with van der Waals surface area (Å²) in [6.45, 7) is 4.76. The Morgan fingerprint density at radius 2 is 1.88 bits per heavy atom. The zero-order valence-electron chi connectivity index (χ0n) is 21.2. The van der Waals surface area contributed by atoms with Gasteiger partial charge in [0.15, 0.2) is 23.0 Å². The minimum Gasteiger partial charge on any atom is -0.395 e. The number of carbonyl (C=O) groups is 2. The van der Waals surface area contributed by atoms with E-state index in [-0.39, 0.29) is 22.1 Å². The highest BCUT2D eigenvalue weighted by molar-refractivity contribution is 7.98. The quantitative estimate of drug-likeness (QED) is 0.333. The van der Waals surface area contributed by atoms with Crippen LogP contribution in [0, 0.1) is 6.92 Å². The van der Waals surface area contributed by atoms with Crippen LogP contribution in [-0.2, 0) is 6.18 Å². The second-order valence-corrected chi connectivity index (χ2v) is 10.6. The summed E-state index contributed by atoms with van der Waals surface area (Å²) in [6.07, 6.45) is -6.00. The number of aryl methyl sites for hydroxylation is 1. The summed E-state index contributed by atoms with van der Waals surface area (Å²) in [5.74, 6) is -3.02. The van der Waals surface area contributed by atoms with Crippen molar-refractivity contribution in [3.63, 3.8) is 0 Å². The van der Waals surface area contributed by atoms with E-state index >= 15 is 0 Å². The molecule has 1 aliphatic rings. The number of anilines is 1. The maximum atomic E-state index is 14.0. The van der Waals surface area contributed by atoms with Crippen LogP contribution in [0.5, 0.6) is 11.5 Å². The number of aromatic nitrogens is 3. The highest BCUT2D eigenvalue weighted by Gasteiger charge is 2.47. The Morgan fingerprint density at radius 1 is 1.18 bits per heavy atom. The summed E-state index contributed by atoms with van der Waals surface area (Å²) in [5.41, 5.74) is -3.61. The average Bonchev–Trinajstić information content (AvgIpc) is 3.39. The third-order valence-corrected chi connectivity index (χ3v) is 6.79. The molecule has 0 fully saturated rings. The number of halogens is 6. The van der Waals surface area contributed by atoms with Gasteiger partial charge in [-0.2, -0.15) is 30.0 Å². The summed E-state index contributed by atoms with van der Waals surface area (Å²) in [4.78, 5) is 30.8. The molecule has 3 heterocycles. The van der Waals surface area contributed by atoms with Gasteiger partial charge in [0.25, 0.3) is 11.8 Å². The van der Waals surface area contributed by atoms with E-state index in [9.17, 15) is 31.5 Å². The Morgan fingerprint density at radius 3 is 2.50 bits per heavy atom. The molecule has 2 amide bonds. The number of hydrogen-bond acceptors (Lipinski definition) is 7. The minimum atomic E-state index is -4.93. The monoisotopic (exact) mass is 605 g/mol. The van der Waals surface area contributed by atoms with Crippen molar-refractivity contribution < 1.29 is 41.0 Å². The second kappa shape index (κ2) is 10.4. The number of amides is 2. The maximum Gasteiger partial charge on any atom is 0.586 e. The molecule has 40 heavy (non-hydrogen) atoms. The first kappa shape index (κ1) is 29.4. The van der Waals surface area contributed by atoms with Gasteiger partial charge in [-0.05, 0) is 50.8 Å². The molecular formula is C24H21ClF5N5O4S. The standard InChI is InChI=1S/C24H21ClF5N5O4S/c1-11-8-14-18(39-24(29,30)38-14)16(21(37)33-22(2,3)10-40-4)17(11)32-20(36)13-9-15(23(26,27)28)34-35(13)19-12(25)6-5-7-31-19/h5-9H,10H2,1-4H3,(H,32,36)(H,33,37). The predicted molar refractivity (Wildman–Crippen MR) is 137 cm³/mol. The highest BCUT2D eigenvalue weighted by Crippen LogP contribution is 2.47. The van der Waals surface area contributed by atoms with Crippen LogP contribution >= 0.6 is 23.4 Å². The van der Waals surface area contributed by atoms with Crippen molar-refractivity contribution in [2.24, 2.45) is 0 Å². The molecule has 2 aromatic heterocycles. The molecule has 1 aliphatic heterocycles. The molecule has 16 heteroatoms. The molecule has 0 unspecified atom stereocenters. The molecule has 214 valence electrons. The van der Waals surface area contributed by atoms with E-state index in [1.807, 2.05) is 0 Å². The van der Waals surface area contributed by atoms with Gasteiger partial charge in [-0.15, -0.1) is 8.78 Å². The number of ether oxygens (including phenoxy) is 2. The van der Waals surface area contributed by atoms with E-state index in [0.717, 1.165) is 6.07 Å². The van der Waals surface area contributed by atoms with E-state index in [4.69, 9.17) is 11.6 Å². The number of carbonyl (C=O) groups excluding carboxylic acids is 2. The Labute approximate surface area is 233 Å².